The molecule has 0 aromatic carbocycles. The Bertz CT molecular complexity index is 413. The number of aromatic nitrogens is 2. The molecule has 1 aromatic heterocycles. The van der Waals surface area contributed by atoms with E-state index in [0.717, 1.165) is 31.9 Å². The van der Waals surface area contributed by atoms with Gasteiger partial charge in [0.2, 0.25) is 5.91 Å². The lowest BCUT2D eigenvalue weighted by Gasteiger charge is -2.12. The van der Waals surface area contributed by atoms with Gasteiger partial charge < -0.3 is 10.6 Å². The maximum atomic E-state index is 11.9. The molecule has 6 heteroatoms. The highest BCUT2D eigenvalue weighted by molar-refractivity contribution is 5.89. The fourth-order valence-corrected chi connectivity index (χ4v) is 2.43. The van der Waals surface area contributed by atoms with E-state index in [2.05, 4.69) is 29.6 Å². The lowest BCUT2D eigenvalue weighted by atomic mass is 10.0. The summed E-state index contributed by atoms with van der Waals surface area (Å²) in [4.78, 5) is 11.9. The number of carbonyl (C=O) groups is 1. The lowest BCUT2D eigenvalue weighted by Crippen LogP contribution is -2.18. The van der Waals surface area contributed by atoms with Gasteiger partial charge in [0.05, 0.1) is 6.20 Å². The number of rotatable bonds is 6. The van der Waals surface area contributed by atoms with E-state index in [9.17, 15) is 4.79 Å². The van der Waals surface area contributed by atoms with Crippen LogP contribution in [0.5, 0.6) is 0 Å². The smallest absolute Gasteiger partial charge is 0.225 e. The predicted octanol–water partition coefficient (Wildman–Crippen LogP) is 2.29. The standard InChI is InChI=1S/C14H24N4O.ClH/c1-11(2)10-18-13(6-8-16-18)17-14(19)4-3-12-5-7-15-9-12;/h6,8,11-12,15H,3-5,7,9-10H2,1-2H3,(H,17,19);1H. The predicted molar refractivity (Wildman–Crippen MR) is 83.2 cm³/mol. The molecule has 1 unspecified atom stereocenters. The molecule has 1 saturated heterocycles. The van der Waals surface area contributed by atoms with Gasteiger partial charge in [-0.25, -0.2) is 4.68 Å². The highest BCUT2D eigenvalue weighted by Gasteiger charge is 2.16. The van der Waals surface area contributed by atoms with Crippen molar-refractivity contribution in [2.75, 3.05) is 18.4 Å². The van der Waals surface area contributed by atoms with Crippen LogP contribution in [0, 0.1) is 11.8 Å². The van der Waals surface area contributed by atoms with Gasteiger partial charge in [0.15, 0.2) is 0 Å². The minimum absolute atomic E-state index is 0. The highest BCUT2D eigenvalue weighted by atomic mass is 35.5. The summed E-state index contributed by atoms with van der Waals surface area (Å²) in [6, 6.07) is 1.86. The summed E-state index contributed by atoms with van der Waals surface area (Å²) in [7, 11) is 0. The maximum Gasteiger partial charge on any atom is 0.225 e. The monoisotopic (exact) mass is 300 g/mol. The van der Waals surface area contributed by atoms with E-state index in [1.807, 2.05) is 10.7 Å². The van der Waals surface area contributed by atoms with Crippen LogP contribution < -0.4 is 10.6 Å². The van der Waals surface area contributed by atoms with Crippen molar-refractivity contribution in [2.45, 2.75) is 39.7 Å². The quantitative estimate of drug-likeness (QED) is 0.847. The fraction of sp³-hybridized carbons (Fsp3) is 0.714. The first-order valence-electron chi connectivity index (χ1n) is 7.17. The molecule has 0 spiro atoms. The van der Waals surface area contributed by atoms with Crippen molar-refractivity contribution < 1.29 is 4.79 Å². The first-order valence-corrected chi connectivity index (χ1v) is 7.17. The van der Waals surface area contributed by atoms with Crippen LogP contribution in [0.4, 0.5) is 5.82 Å². The molecule has 1 atom stereocenters. The van der Waals surface area contributed by atoms with Crippen LogP contribution in [0.15, 0.2) is 12.3 Å². The third kappa shape index (κ3) is 5.13. The van der Waals surface area contributed by atoms with Gasteiger partial charge in [0, 0.05) is 19.0 Å². The zero-order chi connectivity index (χ0) is 13.7. The van der Waals surface area contributed by atoms with Crippen LogP contribution in [0.3, 0.4) is 0 Å². The fourth-order valence-electron chi connectivity index (χ4n) is 2.43. The Kier molecular flexibility index (Phi) is 7.02. The summed E-state index contributed by atoms with van der Waals surface area (Å²) in [6.45, 7) is 7.25. The summed E-state index contributed by atoms with van der Waals surface area (Å²) in [5, 5.41) is 10.5. The zero-order valence-corrected chi connectivity index (χ0v) is 13.1. The molecule has 20 heavy (non-hydrogen) atoms. The highest BCUT2D eigenvalue weighted by Crippen LogP contribution is 2.15. The summed E-state index contributed by atoms with van der Waals surface area (Å²) >= 11 is 0. The van der Waals surface area contributed by atoms with Gasteiger partial charge in [-0.05, 0) is 37.8 Å². The molecule has 2 heterocycles. The molecule has 0 radical (unpaired) electrons. The summed E-state index contributed by atoms with van der Waals surface area (Å²) in [5.41, 5.74) is 0. The molecule has 1 aromatic rings. The van der Waals surface area contributed by atoms with Gasteiger partial charge >= 0.3 is 0 Å². The SMILES string of the molecule is CC(C)Cn1nccc1NC(=O)CCC1CCNC1.Cl. The normalized spacial score (nSPS) is 18.1. The average molecular weight is 301 g/mol. The molecular formula is C14H25ClN4O. The summed E-state index contributed by atoms with van der Waals surface area (Å²) < 4.78 is 1.86. The van der Waals surface area contributed by atoms with Gasteiger partial charge in [-0.15, -0.1) is 12.4 Å². The molecule has 0 saturated carbocycles. The molecule has 1 amide bonds. The molecule has 1 aliphatic heterocycles. The topological polar surface area (TPSA) is 59.0 Å². The van der Waals surface area contributed by atoms with Crippen LogP contribution in [0.25, 0.3) is 0 Å². The van der Waals surface area contributed by atoms with Crippen LogP contribution in [-0.2, 0) is 11.3 Å². The number of amides is 1. The Labute approximate surface area is 126 Å². The number of hydrogen-bond acceptors (Lipinski definition) is 3. The number of hydrogen-bond donors (Lipinski definition) is 2. The summed E-state index contributed by atoms with van der Waals surface area (Å²) in [6.07, 6.45) is 4.49. The molecule has 114 valence electrons. The number of nitrogens with one attached hydrogen (secondary N) is 2. The second-order valence-electron chi connectivity index (χ2n) is 5.74. The lowest BCUT2D eigenvalue weighted by molar-refractivity contribution is -0.116. The van der Waals surface area contributed by atoms with Crippen molar-refractivity contribution in [3.8, 4) is 0 Å². The molecule has 2 N–H and O–H groups in total. The molecule has 0 aliphatic carbocycles. The van der Waals surface area contributed by atoms with Gasteiger partial charge in [-0.3, -0.25) is 4.79 Å². The van der Waals surface area contributed by atoms with E-state index in [1.165, 1.54) is 6.42 Å². The van der Waals surface area contributed by atoms with E-state index in [-0.39, 0.29) is 18.3 Å². The Morgan fingerprint density at radius 2 is 2.40 bits per heavy atom. The average Bonchev–Trinajstić information content (AvgIpc) is 2.98. The van der Waals surface area contributed by atoms with Crippen molar-refractivity contribution in [2.24, 2.45) is 11.8 Å². The number of anilines is 1. The minimum Gasteiger partial charge on any atom is -0.316 e. The molecule has 5 nitrogen and oxygen atoms in total. The Hall–Kier alpha value is -1.07. The third-order valence-corrected chi connectivity index (χ3v) is 3.46. The van der Waals surface area contributed by atoms with Gasteiger partial charge in [-0.2, -0.15) is 5.10 Å². The van der Waals surface area contributed by atoms with Gasteiger partial charge in [0.25, 0.3) is 0 Å². The van der Waals surface area contributed by atoms with Crippen molar-refractivity contribution in [3.05, 3.63) is 12.3 Å². The van der Waals surface area contributed by atoms with Crippen LogP contribution in [-0.4, -0.2) is 28.8 Å². The van der Waals surface area contributed by atoms with E-state index >= 15 is 0 Å². The minimum atomic E-state index is 0. The number of nitrogens with zero attached hydrogens (tertiary/aromatic N) is 2. The van der Waals surface area contributed by atoms with E-state index in [0.29, 0.717) is 18.3 Å². The molecule has 1 aliphatic rings. The van der Waals surface area contributed by atoms with Crippen molar-refractivity contribution in [3.63, 3.8) is 0 Å². The number of halogens is 1. The summed E-state index contributed by atoms with van der Waals surface area (Å²) in [5.74, 6) is 2.08. The van der Waals surface area contributed by atoms with E-state index in [1.54, 1.807) is 6.20 Å². The molecular weight excluding hydrogens is 276 g/mol. The molecule has 0 bridgehead atoms. The van der Waals surface area contributed by atoms with E-state index < -0.39 is 0 Å². The second-order valence-corrected chi connectivity index (χ2v) is 5.74. The Morgan fingerprint density at radius 1 is 1.60 bits per heavy atom. The van der Waals surface area contributed by atoms with Gasteiger partial charge in [0.1, 0.15) is 5.82 Å². The Morgan fingerprint density at radius 3 is 3.05 bits per heavy atom. The Balaban J connectivity index is 0.00000200. The molecule has 2 rings (SSSR count). The van der Waals surface area contributed by atoms with Crippen LogP contribution in [0.2, 0.25) is 0 Å². The zero-order valence-electron chi connectivity index (χ0n) is 12.3. The van der Waals surface area contributed by atoms with Crippen LogP contribution >= 0.6 is 12.4 Å². The van der Waals surface area contributed by atoms with Crippen molar-refractivity contribution >= 4 is 24.1 Å². The van der Waals surface area contributed by atoms with Crippen LogP contribution in [0.1, 0.15) is 33.1 Å². The maximum absolute atomic E-state index is 11.9. The van der Waals surface area contributed by atoms with E-state index in [4.69, 9.17) is 0 Å². The third-order valence-electron chi connectivity index (χ3n) is 3.46. The van der Waals surface area contributed by atoms with Gasteiger partial charge in [-0.1, -0.05) is 13.8 Å². The largest absolute Gasteiger partial charge is 0.316 e. The second kappa shape index (κ2) is 8.27. The first kappa shape index (κ1) is 17.0. The molecule has 1 fully saturated rings. The van der Waals surface area contributed by atoms with Crippen molar-refractivity contribution in [1.82, 2.24) is 15.1 Å². The van der Waals surface area contributed by atoms with Crippen molar-refractivity contribution in [1.29, 1.82) is 0 Å². The number of carbonyl (C=O) groups excluding carboxylic acids is 1. The first-order chi connectivity index (χ1) is 9.15.